The lowest BCUT2D eigenvalue weighted by atomic mass is 10.2. The molecule has 82 valence electrons. The first-order valence-electron chi connectivity index (χ1n) is 4.81. The monoisotopic (exact) mass is 217 g/mol. The van der Waals surface area contributed by atoms with E-state index in [4.69, 9.17) is 0 Å². The highest BCUT2D eigenvalue weighted by molar-refractivity contribution is 5.97. The maximum atomic E-state index is 11.4. The number of rotatable bonds is 1. The van der Waals surface area contributed by atoms with Gasteiger partial charge in [0, 0.05) is 19.7 Å². The number of hydrogen-bond acceptors (Lipinski definition) is 3. The molecular formula is C11H11N3O2. The first-order valence-corrected chi connectivity index (χ1v) is 4.81. The SMILES string of the molecule is CNC(=O)c1ccc2ncc(=O)n(C)c2c1. The van der Waals surface area contributed by atoms with Crippen molar-refractivity contribution >= 4 is 16.9 Å². The number of hydrogen-bond donors (Lipinski definition) is 1. The van der Waals surface area contributed by atoms with E-state index >= 15 is 0 Å². The topological polar surface area (TPSA) is 64.0 Å². The van der Waals surface area contributed by atoms with Gasteiger partial charge < -0.3 is 9.88 Å². The number of aryl methyl sites for hydroxylation is 1. The third kappa shape index (κ3) is 1.56. The molecular weight excluding hydrogens is 206 g/mol. The molecule has 0 bridgehead atoms. The Morgan fingerprint density at radius 2 is 2.19 bits per heavy atom. The lowest BCUT2D eigenvalue weighted by Crippen LogP contribution is -2.20. The molecule has 0 spiro atoms. The van der Waals surface area contributed by atoms with E-state index < -0.39 is 0 Å². The Bertz CT molecular complexity index is 616. The fraction of sp³-hybridized carbons (Fsp3) is 0.182. The summed E-state index contributed by atoms with van der Waals surface area (Å²) in [7, 11) is 3.22. The molecule has 0 aliphatic rings. The highest BCUT2D eigenvalue weighted by Gasteiger charge is 2.06. The number of carbonyl (C=O) groups is 1. The maximum Gasteiger partial charge on any atom is 0.269 e. The summed E-state index contributed by atoms with van der Waals surface area (Å²) in [6.07, 6.45) is 1.27. The number of fused-ring (bicyclic) bond motifs is 1. The largest absolute Gasteiger partial charge is 0.355 e. The Labute approximate surface area is 91.7 Å². The van der Waals surface area contributed by atoms with Gasteiger partial charge in [-0.2, -0.15) is 0 Å². The predicted octanol–water partition coefficient (Wildman–Crippen LogP) is 0.293. The molecule has 0 aliphatic carbocycles. The van der Waals surface area contributed by atoms with Crippen molar-refractivity contribution in [3.63, 3.8) is 0 Å². The molecule has 16 heavy (non-hydrogen) atoms. The minimum atomic E-state index is -0.193. The summed E-state index contributed by atoms with van der Waals surface area (Å²) in [6.45, 7) is 0. The zero-order chi connectivity index (χ0) is 11.7. The van der Waals surface area contributed by atoms with Gasteiger partial charge in [-0.1, -0.05) is 0 Å². The molecule has 1 aromatic carbocycles. The normalized spacial score (nSPS) is 10.4. The van der Waals surface area contributed by atoms with Crippen LogP contribution in [-0.2, 0) is 7.05 Å². The van der Waals surface area contributed by atoms with E-state index in [1.165, 1.54) is 10.8 Å². The smallest absolute Gasteiger partial charge is 0.269 e. The average molecular weight is 217 g/mol. The third-order valence-corrected chi connectivity index (χ3v) is 2.47. The highest BCUT2D eigenvalue weighted by atomic mass is 16.1. The van der Waals surface area contributed by atoms with Gasteiger partial charge in [0.05, 0.1) is 17.2 Å². The van der Waals surface area contributed by atoms with Crippen molar-refractivity contribution in [1.29, 1.82) is 0 Å². The molecule has 0 saturated carbocycles. The summed E-state index contributed by atoms with van der Waals surface area (Å²) < 4.78 is 1.47. The summed E-state index contributed by atoms with van der Waals surface area (Å²) in [5.41, 5.74) is 1.66. The molecule has 2 rings (SSSR count). The molecule has 1 heterocycles. The zero-order valence-corrected chi connectivity index (χ0v) is 9.02. The van der Waals surface area contributed by atoms with Gasteiger partial charge in [0.25, 0.3) is 11.5 Å². The molecule has 1 amide bonds. The first-order chi connectivity index (χ1) is 7.63. The van der Waals surface area contributed by atoms with Crippen LogP contribution in [0.2, 0.25) is 0 Å². The molecule has 5 heteroatoms. The third-order valence-electron chi connectivity index (χ3n) is 2.47. The minimum absolute atomic E-state index is 0.182. The number of carbonyl (C=O) groups excluding carboxylic acids is 1. The van der Waals surface area contributed by atoms with Crippen LogP contribution in [0.4, 0.5) is 0 Å². The van der Waals surface area contributed by atoms with Crippen molar-refractivity contribution in [2.24, 2.45) is 7.05 Å². The van der Waals surface area contributed by atoms with Crippen LogP contribution in [0.3, 0.4) is 0 Å². The van der Waals surface area contributed by atoms with Crippen LogP contribution in [0.1, 0.15) is 10.4 Å². The molecule has 0 aliphatic heterocycles. The van der Waals surface area contributed by atoms with E-state index in [1.807, 2.05) is 0 Å². The van der Waals surface area contributed by atoms with Gasteiger partial charge >= 0.3 is 0 Å². The second-order valence-electron chi connectivity index (χ2n) is 3.44. The standard InChI is InChI=1S/C11H11N3O2/c1-12-11(16)7-3-4-8-9(5-7)14(2)10(15)6-13-8/h3-6H,1-2H3,(H,12,16). The molecule has 2 aromatic rings. The molecule has 1 N–H and O–H groups in total. The summed E-state index contributed by atoms with van der Waals surface area (Å²) >= 11 is 0. The second-order valence-corrected chi connectivity index (χ2v) is 3.44. The van der Waals surface area contributed by atoms with E-state index in [9.17, 15) is 9.59 Å². The first kappa shape index (κ1) is 10.4. The molecule has 1 aromatic heterocycles. The van der Waals surface area contributed by atoms with Gasteiger partial charge in [0.2, 0.25) is 0 Å². The number of amides is 1. The Morgan fingerprint density at radius 1 is 1.44 bits per heavy atom. The van der Waals surface area contributed by atoms with Crippen molar-refractivity contribution in [3.8, 4) is 0 Å². The Balaban J connectivity index is 2.74. The van der Waals surface area contributed by atoms with Crippen molar-refractivity contribution in [1.82, 2.24) is 14.9 Å². The fourth-order valence-corrected chi connectivity index (χ4v) is 1.52. The quantitative estimate of drug-likeness (QED) is 0.746. The van der Waals surface area contributed by atoms with Gasteiger partial charge in [0.1, 0.15) is 0 Å². The van der Waals surface area contributed by atoms with Gasteiger partial charge in [-0.3, -0.25) is 9.59 Å². The van der Waals surface area contributed by atoms with Crippen LogP contribution in [-0.4, -0.2) is 22.5 Å². The minimum Gasteiger partial charge on any atom is -0.355 e. The van der Waals surface area contributed by atoms with Crippen molar-refractivity contribution in [2.45, 2.75) is 0 Å². The van der Waals surface area contributed by atoms with Crippen LogP contribution in [0.25, 0.3) is 11.0 Å². The number of nitrogens with one attached hydrogen (secondary N) is 1. The Morgan fingerprint density at radius 3 is 2.88 bits per heavy atom. The van der Waals surface area contributed by atoms with Crippen LogP contribution >= 0.6 is 0 Å². The molecule has 0 radical (unpaired) electrons. The average Bonchev–Trinajstić information content (AvgIpc) is 2.32. The number of benzene rings is 1. The zero-order valence-electron chi connectivity index (χ0n) is 9.02. The van der Waals surface area contributed by atoms with Crippen LogP contribution in [0.5, 0.6) is 0 Å². The van der Waals surface area contributed by atoms with Gasteiger partial charge in [0.15, 0.2) is 0 Å². The summed E-state index contributed by atoms with van der Waals surface area (Å²) in [6, 6.07) is 5.06. The fourth-order valence-electron chi connectivity index (χ4n) is 1.52. The molecule has 5 nitrogen and oxygen atoms in total. The van der Waals surface area contributed by atoms with Crippen LogP contribution in [0, 0.1) is 0 Å². The lowest BCUT2D eigenvalue weighted by molar-refractivity contribution is 0.0963. The van der Waals surface area contributed by atoms with E-state index in [1.54, 1.807) is 32.3 Å². The van der Waals surface area contributed by atoms with Gasteiger partial charge in [-0.25, -0.2) is 4.98 Å². The molecule has 0 atom stereocenters. The summed E-state index contributed by atoms with van der Waals surface area (Å²) in [5, 5.41) is 2.53. The summed E-state index contributed by atoms with van der Waals surface area (Å²) in [5.74, 6) is -0.182. The lowest BCUT2D eigenvalue weighted by Gasteiger charge is -2.05. The number of nitrogens with zero attached hydrogens (tertiary/aromatic N) is 2. The molecule has 0 unspecified atom stereocenters. The van der Waals surface area contributed by atoms with Crippen molar-refractivity contribution in [2.75, 3.05) is 7.05 Å². The van der Waals surface area contributed by atoms with E-state index in [0.29, 0.717) is 16.6 Å². The molecule has 0 saturated heterocycles. The van der Waals surface area contributed by atoms with Gasteiger partial charge in [-0.15, -0.1) is 0 Å². The second kappa shape index (κ2) is 3.77. The summed E-state index contributed by atoms with van der Waals surface area (Å²) in [4.78, 5) is 26.8. The van der Waals surface area contributed by atoms with E-state index in [0.717, 1.165) is 0 Å². The predicted molar refractivity (Wildman–Crippen MR) is 60.4 cm³/mol. The van der Waals surface area contributed by atoms with Crippen molar-refractivity contribution in [3.05, 3.63) is 40.3 Å². The van der Waals surface area contributed by atoms with Crippen molar-refractivity contribution < 1.29 is 4.79 Å². The molecule has 0 fully saturated rings. The van der Waals surface area contributed by atoms with E-state index in [2.05, 4.69) is 10.3 Å². The highest BCUT2D eigenvalue weighted by Crippen LogP contribution is 2.11. The number of aromatic nitrogens is 2. The maximum absolute atomic E-state index is 11.4. The van der Waals surface area contributed by atoms with Crippen LogP contribution < -0.4 is 10.9 Å². The van der Waals surface area contributed by atoms with Gasteiger partial charge in [-0.05, 0) is 18.2 Å². The Hall–Kier alpha value is -2.17. The van der Waals surface area contributed by atoms with E-state index in [-0.39, 0.29) is 11.5 Å². The Kier molecular flexibility index (Phi) is 2.44. The van der Waals surface area contributed by atoms with Crippen LogP contribution in [0.15, 0.2) is 29.2 Å².